The molecule has 31 heavy (non-hydrogen) atoms. The number of hydrogen-bond acceptors (Lipinski definition) is 5. The number of nitrogens with zero attached hydrogens (tertiary/aromatic N) is 1. The van der Waals surface area contributed by atoms with Crippen molar-refractivity contribution in [3.05, 3.63) is 82.3 Å². The summed E-state index contributed by atoms with van der Waals surface area (Å²) in [6.45, 7) is 1.47. The highest BCUT2D eigenvalue weighted by Crippen LogP contribution is 2.28. The van der Waals surface area contributed by atoms with Crippen LogP contribution in [-0.4, -0.2) is 23.0 Å². The molecule has 0 fully saturated rings. The predicted molar refractivity (Wildman–Crippen MR) is 119 cm³/mol. The molecule has 1 atom stereocenters. The normalized spacial score (nSPS) is 11.8. The number of hydrogen-bond donors (Lipinski definition) is 1. The third-order valence-corrected chi connectivity index (χ3v) is 5.08. The number of esters is 1. The van der Waals surface area contributed by atoms with Crippen LogP contribution >= 0.6 is 23.2 Å². The van der Waals surface area contributed by atoms with Gasteiger partial charge in [-0.05, 0) is 49.4 Å². The zero-order valence-corrected chi connectivity index (χ0v) is 17.8. The maximum Gasteiger partial charge on any atom is 0.339 e. The zero-order chi connectivity index (χ0) is 22.0. The number of carbonyl (C=O) groups excluding carboxylic acids is 2. The number of rotatable bonds is 5. The van der Waals surface area contributed by atoms with Crippen LogP contribution < -0.4 is 5.32 Å². The van der Waals surface area contributed by atoms with Crippen LogP contribution in [0, 0.1) is 0 Å². The Morgan fingerprint density at radius 3 is 2.58 bits per heavy atom. The summed E-state index contributed by atoms with van der Waals surface area (Å²) in [4.78, 5) is 29.8. The SMILES string of the molecule is CC(OC(=O)c1ccccc1-c1nc2ccccc2o1)C(=O)Nc1cc(Cl)ccc1Cl. The molecule has 0 aliphatic rings. The van der Waals surface area contributed by atoms with E-state index in [1.54, 1.807) is 42.5 Å². The molecule has 0 saturated carbocycles. The van der Waals surface area contributed by atoms with Gasteiger partial charge in [0.05, 0.1) is 21.8 Å². The first-order chi connectivity index (χ1) is 14.9. The number of anilines is 1. The van der Waals surface area contributed by atoms with E-state index in [0.29, 0.717) is 32.4 Å². The Balaban J connectivity index is 1.53. The molecule has 1 N–H and O–H groups in total. The van der Waals surface area contributed by atoms with Crippen molar-refractivity contribution < 1.29 is 18.7 Å². The summed E-state index contributed by atoms with van der Waals surface area (Å²) >= 11 is 12.0. The van der Waals surface area contributed by atoms with Crippen LogP contribution in [-0.2, 0) is 9.53 Å². The highest BCUT2D eigenvalue weighted by molar-refractivity contribution is 6.35. The lowest BCUT2D eigenvalue weighted by Crippen LogP contribution is -2.30. The van der Waals surface area contributed by atoms with Crippen LogP contribution in [0.2, 0.25) is 10.0 Å². The maximum absolute atomic E-state index is 12.8. The summed E-state index contributed by atoms with van der Waals surface area (Å²) in [6, 6.07) is 18.7. The van der Waals surface area contributed by atoms with E-state index in [-0.39, 0.29) is 11.5 Å². The van der Waals surface area contributed by atoms with E-state index in [4.69, 9.17) is 32.4 Å². The number of benzene rings is 3. The molecule has 1 aromatic heterocycles. The molecule has 6 nitrogen and oxygen atoms in total. The number of ether oxygens (including phenoxy) is 1. The summed E-state index contributed by atoms with van der Waals surface area (Å²) in [5.74, 6) is -0.939. The molecule has 8 heteroatoms. The van der Waals surface area contributed by atoms with E-state index < -0.39 is 18.0 Å². The summed E-state index contributed by atoms with van der Waals surface area (Å²) < 4.78 is 11.2. The number of carbonyl (C=O) groups is 2. The minimum absolute atomic E-state index is 0.231. The maximum atomic E-state index is 12.8. The molecule has 156 valence electrons. The van der Waals surface area contributed by atoms with E-state index in [9.17, 15) is 9.59 Å². The Labute approximate surface area is 187 Å². The van der Waals surface area contributed by atoms with Gasteiger partial charge in [-0.3, -0.25) is 4.79 Å². The summed E-state index contributed by atoms with van der Waals surface area (Å²) in [5.41, 5.74) is 2.30. The lowest BCUT2D eigenvalue weighted by atomic mass is 10.1. The van der Waals surface area contributed by atoms with Crippen LogP contribution in [0.25, 0.3) is 22.6 Å². The molecule has 3 aromatic carbocycles. The number of halogens is 2. The second-order valence-electron chi connectivity index (χ2n) is 6.69. The fourth-order valence-electron chi connectivity index (χ4n) is 2.94. The van der Waals surface area contributed by atoms with Gasteiger partial charge in [0.15, 0.2) is 11.7 Å². The molecule has 1 amide bonds. The topological polar surface area (TPSA) is 81.4 Å². The molecule has 1 unspecified atom stereocenters. The van der Waals surface area contributed by atoms with Gasteiger partial charge in [0, 0.05) is 5.02 Å². The van der Waals surface area contributed by atoms with Crippen molar-refractivity contribution in [2.24, 2.45) is 0 Å². The average Bonchev–Trinajstić information content (AvgIpc) is 3.20. The van der Waals surface area contributed by atoms with E-state index >= 15 is 0 Å². The van der Waals surface area contributed by atoms with Gasteiger partial charge in [0.1, 0.15) is 5.52 Å². The lowest BCUT2D eigenvalue weighted by Gasteiger charge is -2.15. The quantitative estimate of drug-likeness (QED) is 0.374. The van der Waals surface area contributed by atoms with Gasteiger partial charge >= 0.3 is 5.97 Å². The van der Waals surface area contributed by atoms with Gasteiger partial charge in [0.25, 0.3) is 5.91 Å². The molecule has 0 radical (unpaired) electrons. The lowest BCUT2D eigenvalue weighted by molar-refractivity contribution is -0.123. The van der Waals surface area contributed by atoms with Gasteiger partial charge in [0.2, 0.25) is 5.89 Å². The molecule has 0 saturated heterocycles. The number of aromatic nitrogens is 1. The molecule has 0 aliphatic heterocycles. The van der Waals surface area contributed by atoms with E-state index in [1.165, 1.54) is 13.0 Å². The highest BCUT2D eigenvalue weighted by atomic mass is 35.5. The fraction of sp³-hybridized carbons (Fsp3) is 0.0870. The number of fused-ring (bicyclic) bond motifs is 1. The Kier molecular flexibility index (Phi) is 5.93. The van der Waals surface area contributed by atoms with Crippen molar-refractivity contribution in [2.75, 3.05) is 5.32 Å². The Hall–Kier alpha value is -3.35. The molecule has 4 rings (SSSR count). The number of para-hydroxylation sites is 2. The first kappa shape index (κ1) is 20.9. The first-order valence-corrected chi connectivity index (χ1v) is 10.1. The fourth-order valence-corrected chi connectivity index (χ4v) is 3.28. The summed E-state index contributed by atoms with van der Waals surface area (Å²) in [7, 11) is 0. The molecule has 0 bridgehead atoms. The van der Waals surface area contributed by atoms with E-state index in [0.717, 1.165) is 0 Å². The van der Waals surface area contributed by atoms with E-state index in [2.05, 4.69) is 10.3 Å². The summed E-state index contributed by atoms with van der Waals surface area (Å²) in [5, 5.41) is 3.34. The van der Waals surface area contributed by atoms with Crippen molar-refractivity contribution in [3.8, 4) is 11.5 Å². The van der Waals surface area contributed by atoms with Crippen LogP contribution in [0.4, 0.5) is 5.69 Å². The van der Waals surface area contributed by atoms with Crippen LogP contribution in [0.5, 0.6) is 0 Å². The Morgan fingerprint density at radius 1 is 1.03 bits per heavy atom. The van der Waals surface area contributed by atoms with Gasteiger partial charge in [-0.1, -0.05) is 47.5 Å². The average molecular weight is 455 g/mol. The number of amides is 1. The highest BCUT2D eigenvalue weighted by Gasteiger charge is 2.23. The second kappa shape index (κ2) is 8.79. The molecule has 0 aliphatic carbocycles. The van der Waals surface area contributed by atoms with Crippen molar-refractivity contribution in [1.29, 1.82) is 0 Å². The third kappa shape index (κ3) is 4.55. The largest absolute Gasteiger partial charge is 0.449 e. The first-order valence-electron chi connectivity index (χ1n) is 9.34. The van der Waals surface area contributed by atoms with Crippen LogP contribution in [0.1, 0.15) is 17.3 Å². The van der Waals surface area contributed by atoms with Crippen molar-refractivity contribution >= 4 is 51.9 Å². The second-order valence-corrected chi connectivity index (χ2v) is 7.54. The number of oxazole rings is 1. The molecule has 1 heterocycles. The molecular weight excluding hydrogens is 439 g/mol. The zero-order valence-electron chi connectivity index (χ0n) is 16.3. The summed E-state index contributed by atoms with van der Waals surface area (Å²) in [6.07, 6.45) is -1.08. The van der Waals surface area contributed by atoms with Gasteiger partial charge in [-0.15, -0.1) is 0 Å². The van der Waals surface area contributed by atoms with Crippen molar-refractivity contribution in [1.82, 2.24) is 4.98 Å². The smallest absolute Gasteiger partial charge is 0.339 e. The number of nitrogens with one attached hydrogen (secondary N) is 1. The molecule has 0 spiro atoms. The van der Waals surface area contributed by atoms with Crippen LogP contribution in [0.3, 0.4) is 0 Å². The standard InChI is InChI=1S/C23H16Cl2N2O4/c1-13(21(28)26-19-12-14(24)10-11-17(19)25)30-23(29)16-7-3-2-6-15(16)22-27-18-8-4-5-9-20(18)31-22/h2-13H,1H3,(H,26,28). The van der Waals surface area contributed by atoms with Crippen LogP contribution in [0.15, 0.2) is 71.1 Å². The molecular formula is C23H16Cl2N2O4. The minimum atomic E-state index is -1.08. The monoisotopic (exact) mass is 454 g/mol. The van der Waals surface area contributed by atoms with Crippen molar-refractivity contribution in [2.45, 2.75) is 13.0 Å². The van der Waals surface area contributed by atoms with Gasteiger partial charge in [-0.25, -0.2) is 9.78 Å². The predicted octanol–water partition coefficient (Wildman–Crippen LogP) is 5.99. The minimum Gasteiger partial charge on any atom is -0.449 e. The van der Waals surface area contributed by atoms with Gasteiger partial charge in [-0.2, -0.15) is 0 Å². The van der Waals surface area contributed by atoms with E-state index in [1.807, 2.05) is 18.2 Å². The third-order valence-electron chi connectivity index (χ3n) is 4.51. The molecule has 4 aromatic rings. The van der Waals surface area contributed by atoms with Gasteiger partial charge < -0.3 is 14.5 Å². The van der Waals surface area contributed by atoms with Crippen molar-refractivity contribution in [3.63, 3.8) is 0 Å². The Bertz CT molecular complexity index is 1250. The Morgan fingerprint density at radius 2 is 1.77 bits per heavy atom.